The van der Waals surface area contributed by atoms with E-state index < -0.39 is 11.2 Å². The number of piperidine rings is 1. The van der Waals surface area contributed by atoms with Gasteiger partial charge in [-0.1, -0.05) is 13.8 Å². The monoisotopic (exact) mass is 395 g/mol. The summed E-state index contributed by atoms with van der Waals surface area (Å²) >= 11 is 0. The zero-order chi connectivity index (χ0) is 20.3. The first-order chi connectivity index (χ1) is 13.2. The summed E-state index contributed by atoms with van der Waals surface area (Å²) in [6.07, 6.45) is 1.62. The third-order valence-corrected chi connectivity index (χ3v) is 7.46. The van der Waals surface area contributed by atoms with Gasteiger partial charge in [-0.05, 0) is 18.8 Å². The molecule has 2 aliphatic heterocycles. The predicted molar refractivity (Wildman–Crippen MR) is 100 cm³/mol. The minimum atomic E-state index is -0.658. The van der Waals surface area contributed by atoms with Gasteiger partial charge < -0.3 is 23.8 Å². The maximum atomic E-state index is 13.3. The summed E-state index contributed by atoms with van der Waals surface area (Å²) in [7, 11) is 3.51. The second-order valence-electron chi connectivity index (χ2n) is 9.83. The van der Waals surface area contributed by atoms with Crippen LogP contribution in [0.4, 0.5) is 0 Å². The SMILES string of the molecule is CCOC(=O)CC1C2C3CC4(CC1C3(COC)C(=O)N2C)OCC(C)(C)CO4. The Labute approximate surface area is 167 Å². The Bertz CT molecular complexity index is 653. The first-order valence-electron chi connectivity index (χ1n) is 10.4. The highest BCUT2D eigenvalue weighted by Crippen LogP contribution is 2.68. The van der Waals surface area contributed by atoms with E-state index in [0.29, 0.717) is 45.7 Å². The van der Waals surface area contributed by atoms with Crippen molar-refractivity contribution in [3.8, 4) is 0 Å². The van der Waals surface area contributed by atoms with E-state index in [-0.39, 0.29) is 41.1 Å². The molecule has 1 spiro atoms. The molecule has 0 aromatic carbocycles. The zero-order valence-corrected chi connectivity index (χ0v) is 17.7. The number of carbonyl (C=O) groups excluding carboxylic acids is 2. The lowest BCUT2D eigenvalue weighted by molar-refractivity contribution is -0.326. The molecule has 5 unspecified atom stereocenters. The quantitative estimate of drug-likeness (QED) is 0.662. The highest BCUT2D eigenvalue weighted by Gasteiger charge is 2.76. The Kier molecular flexibility index (Phi) is 4.79. The summed E-state index contributed by atoms with van der Waals surface area (Å²) in [5.74, 6) is -0.617. The van der Waals surface area contributed by atoms with Crippen LogP contribution in [-0.2, 0) is 28.5 Å². The Hall–Kier alpha value is -1.18. The van der Waals surface area contributed by atoms with Crippen molar-refractivity contribution in [1.29, 1.82) is 0 Å². The molecule has 1 amide bonds. The number of methoxy groups -OCH3 is 1. The van der Waals surface area contributed by atoms with Crippen molar-refractivity contribution in [1.82, 2.24) is 4.90 Å². The smallest absolute Gasteiger partial charge is 0.306 e. The summed E-state index contributed by atoms with van der Waals surface area (Å²) in [5, 5.41) is 0. The van der Waals surface area contributed by atoms with Gasteiger partial charge in [0.05, 0.1) is 38.3 Å². The Morgan fingerprint density at radius 2 is 1.86 bits per heavy atom. The van der Waals surface area contributed by atoms with Crippen LogP contribution in [0.25, 0.3) is 0 Å². The number of carbonyl (C=O) groups is 2. The van der Waals surface area contributed by atoms with Gasteiger partial charge in [-0.15, -0.1) is 0 Å². The molecule has 7 heteroatoms. The van der Waals surface area contributed by atoms with Crippen molar-refractivity contribution < 1.29 is 28.5 Å². The Balaban J connectivity index is 1.67. The molecule has 4 fully saturated rings. The lowest BCUT2D eigenvalue weighted by Crippen LogP contribution is -2.58. The Morgan fingerprint density at radius 1 is 1.21 bits per heavy atom. The minimum Gasteiger partial charge on any atom is -0.466 e. The maximum Gasteiger partial charge on any atom is 0.306 e. The van der Waals surface area contributed by atoms with Gasteiger partial charge in [0.15, 0.2) is 5.79 Å². The van der Waals surface area contributed by atoms with Crippen LogP contribution in [0.1, 0.15) is 40.0 Å². The molecule has 0 aromatic rings. The van der Waals surface area contributed by atoms with Crippen molar-refractivity contribution in [2.24, 2.45) is 28.6 Å². The predicted octanol–water partition coefficient (Wildman–Crippen LogP) is 1.84. The first-order valence-corrected chi connectivity index (χ1v) is 10.4. The number of hydrogen-bond donors (Lipinski definition) is 0. The molecule has 2 heterocycles. The van der Waals surface area contributed by atoms with E-state index in [9.17, 15) is 9.59 Å². The van der Waals surface area contributed by atoms with Crippen molar-refractivity contribution in [2.45, 2.75) is 51.9 Å². The van der Waals surface area contributed by atoms with Gasteiger partial charge in [-0.3, -0.25) is 9.59 Å². The first kappa shape index (κ1) is 20.1. The Morgan fingerprint density at radius 3 is 2.46 bits per heavy atom. The van der Waals surface area contributed by atoms with Crippen molar-refractivity contribution in [3.05, 3.63) is 0 Å². The van der Waals surface area contributed by atoms with Gasteiger partial charge in [0.1, 0.15) is 0 Å². The fourth-order valence-corrected chi connectivity index (χ4v) is 6.39. The topological polar surface area (TPSA) is 74.3 Å². The highest BCUT2D eigenvalue weighted by molar-refractivity contribution is 5.88. The van der Waals surface area contributed by atoms with Gasteiger partial charge in [-0.25, -0.2) is 0 Å². The molecular formula is C21H33NO6. The number of nitrogens with zero attached hydrogens (tertiary/aromatic N) is 1. The molecule has 7 nitrogen and oxygen atoms in total. The molecule has 0 radical (unpaired) electrons. The number of likely N-dealkylation sites (tertiary alicyclic amines) is 1. The van der Waals surface area contributed by atoms with Gasteiger partial charge in [-0.2, -0.15) is 0 Å². The van der Waals surface area contributed by atoms with Crippen LogP contribution in [0.5, 0.6) is 0 Å². The molecule has 0 aromatic heterocycles. The van der Waals surface area contributed by atoms with Crippen LogP contribution in [0.15, 0.2) is 0 Å². The number of ether oxygens (including phenoxy) is 4. The highest BCUT2D eigenvalue weighted by atomic mass is 16.7. The van der Waals surface area contributed by atoms with Crippen molar-refractivity contribution in [3.63, 3.8) is 0 Å². The summed E-state index contributed by atoms with van der Waals surface area (Å²) in [5.41, 5.74) is -0.599. The zero-order valence-electron chi connectivity index (χ0n) is 17.7. The van der Waals surface area contributed by atoms with E-state index >= 15 is 0 Å². The second-order valence-corrected chi connectivity index (χ2v) is 9.83. The number of hydrogen-bond acceptors (Lipinski definition) is 6. The number of esters is 1. The summed E-state index contributed by atoms with van der Waals surface area (Å²) in [4.78, 5) is 27.5. The van der Waals surface area contributed by atoms with E-state index in [4.69, 9.17) is 18.9 Å². The number of rotatable bonds is 5. The lowest BCUT2D eigenvalue weighted by Gasteiger charge is -2.52. The average molecular weight is 395 g/mol. The molecule has 28 heavy (non-hydrogen) atoms. The van der Waals surface area contributed by atoms with Crippen LogP contribution < -0.4 is 0 Å². The second kappa shape index (κ2) is 6.67. The van der Waals surface area contributed by atoms with Crippen LogP contribution in [0.2, 0.25) is 0 Å². The van der Waals surface area contributed by atoms with Crippen LogP contribution >= 0.6 is 0 Å². The summed E-state index contributed by atoms with van der Waals surface area (Å²) in [6.45, 7) is 8.11. The summed E-state index contributed by atoms with van der Waals surface area (Å²) < 4.78 is 23.4. The fourth-order valence-electron chi connectivity index (χ4n) is 6.39. The van der Waals surface area contributed by atoms with E-state index in [2.05, 4.69) is 13.8 Å². The van der Waals surface area contributed by atoms with E-state index in [1.54, 1.807) is 7.11 Å². The molecule has 4 bridgehead atoms. The van der Waals surface area contributed by atoms with Gasteiger partial charge in [0.2, 0.25) is 5.91 Å². The molecule has 2 saturated carbocycles. The van der Waals surface area contributed by atoms with Crippen molar-refractivity contribution >= 4 is 11.9 Å². The van der Waals surface area contributed by atoms with E-state index in [1.807, 2.05) is 18.9 Å². The standard InChI is InChI=1S/C21H33NO6/c1-6-26-16(23)7-13-14-8-20(27-10-19(2,3)11-28-20)9-15-17(13)22(4)18(24)21(14,15)12-25-5/h13-15,17H,6-12H2,1-5H3. The largest absolute Gasteiger partial charge is 0.466 e. The van der Waals surface area contributed by atoms with Crippen LogP contribution in [-0.4, -0.2) is 69.2 Å². The van der Waals surface area contributed by atoms with Crippen LogP contribution in [0.3, 0.4) is 0 Å². The third kappa shape index (κ3) is 2.73. The molecule has 5 atom stereocenters. The van der Waals surface area contributed by atoms with Gasteiger partial charge in [0, 0.05) is 44.4 Å². The lowest BCUT2D eigenvalue weighted by atomic mass is 9.62. The minimum absolute atomic E-state index is 0.00133. The molecule has 0 N–H and O–H groups in total. The van der Waals surface area contributed by atoms with Crippen molar-refractivity contribution in [2.75, 3.05) is 40.6 Å². The van der Waals surface area contributed by atoms with Gasteiger partial charge >= 0.3 is 5.97 Å². The van der Waals surface area contributed by atoms with E-state index in [0.717, 1.165) is 0 Å². The molecule has 4 rings (SSSR count). The van der Waals surface area contributed by atoms with Gasteiger partial charge in [0.25, 0.3) is 0 Å². The number of amides is 1. The average Bonchev–Trinajstić information content (AvgIpc) is 2.91. The molecule has 2 aliphatic carbocycles. The van der Waals surface area contributed by atoms with Crippen LogP contribution in [0, 0.1) is 28.6 Å². The van der Waals surface area contributed by atoms with E-state index in [1.165, 1.54) is 0 Å². The fraction of sp³-hybridized carbons (Fsp3) is 0.905. The molecule has 4 aliphatic rings. The molecule has 2 saturated heterocycles. The third-order valence-electron chi connectivity index (χ3n) is 7.46. The normalized spacial score (nSPS) is 40.2. The molecule has 158 valence electrons. The molecular weight excluding hydrogens is 362 g/mol. The summed E-state index contributed by atoms with van der Waals surface area (Å²) in [6, 6.07) is -0.00133. The maximum absolute atomic E-state index is 13.3.